The lowest BCUT2D eigenvalue weighted by Crippen LogP contribution is -2.54. The fraction of sp³-hybridized carbons (Fsp3) is 0.394. The van der Waals surface area contributed by atoms with Gasteiger partial charge in [-0.15, -0.1) is 0 Å². The molecular formula is C33H40ClN3O6S. The number of rotatable bonds is 13. The van der Waals surface area contributed by atoms with Gasteiger partial charge in [-0.2, -0.15) is 0 Å². The summed E-state index contributed by atoms with van der Waals surface area (Å²) in [6.07, 6.45) is 5.39. The van der Waals surface area contributed by atoms with Crippen molar-refractivity contribution in [3.8, 4) is 11.5 Å². The number of anilines is 1. The molecule has 9 nitrogen and oxygen atoms in total. The zero-order valence-corrected chi connectivity index (χ0v) is 26.9. The summed E-state index contributed by atoms with van der Waals surface area (Å²) in [4.78, 5) is 29.5. The largest absolute Gasteiger partial charge is 0.493 e. The van der Waals surface area contributed by atoms with Crippen LogP contribution in [0.1, 0.15) is 51.0 Å². The summed E-state index contributed by atoms with van der Waals surface area (Å²) in [6.45, 7) is 1.39. The van der Waals surface area contributed by atoms with Gasteiger partial charge in [0.1, 0.15) is 12.6 Å². The van der Waals surface area contributed by atoms with E-state index in [9.17, 15) is 18.0 Å². The average molecular weight is 642 g/mol. The van der Waals surface area contributed by atoms with Gasteiger partial charge in [0, 0.05) is 23.7 Å². The van der Waals surface area contributed by atoms with Crippen molar-refractivity contribution < 1.29 is 27.5 Å². The minimum absolute atomic E-state index is 0.0221. The minimum atomic E-state index is -4.21. The lowest BCUT2D eigenvalue weighted by molar-refractivity contribution is -0.140. The van der Waals surface area contributed by atoms with Crippen LogP contribution >= 0.6 is 11.6 Å². The first-order valence-corrected chi connectivity index (χ1v) is 16.6. The zero-order valence-electron chi connectivity index (χ0n) is 25.4. The summed E-state index contributed by atoms with van der Waals surface area (Å²) in [5, 5.41) is 3.70. The number of amides is 2. The predicted octanol–water partition coefficient (Wildman–Crippen LogP) is 5.81. The molecule has 0 saturated heterocycles. The Hall–Kier alpha value is -3.76. The molecule has 3 aromatic rings. The second-order valence-electron chi connectivity index (χ2n) is 10.8. The summed E-state index contributed by atoms with van der Waals surface area (Å²) in [5.41, 5.74) is 0.973. The van der Waals surface area contributed by atoms with E-state index in [1.807, 2.05) is 6.92 Å². The molecule has 4 rings (SSSR count). The molecule has 44 heavy (non-hydrogen) atoms. The normalized spacial score (nSPS) is 14.4. The Labute approximate surface area is 265 Å². The van der Waals surface area contributed by atoms with Gasteiger partial charge in [-0.1, -0.05) is 68.1 Å². The van der Waals surface area contributed by atoms with Crippen molar-refractivity contribution in [2.45, 2.75) is 69.0 Å². The topological polar surface area (TPSA) is 105 Å². The summed E-state index contributed by atoms with van der Waals surface area (Å²) in [5.74, 6) is -0.0540. The molecule has 1 atom stereocenters. The second kappa shape index (κ2) is 15.3. The van der Waals surface area contributed by atoms with Crippen molar-refractivity contribution in [2.24, 2.45) is 0 Å². The van der Waals surface area contributed by atoms with Gasteiger partial charge < -0.3 is 19.7 Å². The fourth-order valence-corrected chi connectivity index (χ4v) is 7.03. The van der Waals surface area contributed by atoms with Gasteiger partial charge in [-0.3, -0.25) is 13.9 Å². The smallest absolute Gasteiger partial charge is 0.264 e. The minimum Gasteiger partial charge on any atom is -0.493 e. The van der Waals surface area contributed by atoms with Crippen molar-refractivity contribution in [1.29, 1.82) is 0 Å². The van der Waals surface area contributed by atoms with Gasteiger partial charge in [0.2, 0.25) is 11.8 Å². The monoisotopic (exact) mass is 641 g/mol. The van der Waals surface area contributed by atoms with E-state index in [-0.39, 0.29) is 29.1 Å². The number of methoxy groups -OCH3 is 2. The van der Waals surface area contributed by atoms with Crippen LogP contribution in [0.25, 0.3) is 0 Å². The van der Waals surface area contributed by atoms with E-state index in [2.05, 4.69) is 5.32 Å². The Balaban J connectivity index is 1.73. The third kappa shape index (κ3) is 8.04. The first kappa shape index (κ1) is 33.1. The maximum Gasteiger partial charge on any atom is 0.264 e. The molecule has 236 valence electrons. The number of hydrogen-bond acceptors (Lipinski definition) is 6. The molecule has 1 saturated carbocycles. The number of hydrogen-bond donors (Lipinski definition) is 1. The van der Waals surface area contributed by atoms with Crippen LogP contribution in [0.2, 0.25) is 5.02 Å². The maximum absolute atomic E-state index is 14.3. The molecule has 3 aromatic carbocycles. The van der Waals surface area contributed by atoms with Crippen molar-refractivity contribution in [2.75, 3.05) is 25.1 Å². The van der Waals surface area contributed by atoms with Gasteiger partial charge in [-0.05, 0) is 61.2 Å². The van der Waals surface area contributed by atoms with E-state index in [1.54, 1.807) is 54.6 Å². The molecule has 0 unspecified atom stereocenters. The van der Waals surface area contributed by atoms with Gasteiger partial charge in [0.05, 0.1) is 24.8 Å². The number of halogens is 1. The number of carbonyl (C=O) groups excluding carboxylic acids is 2. The summed E-state index contributed by atoms with van der Waals surface area (Å²) >= 11 is 6.11. The number of carbonyl (C=O) groups is 2. The van der Waals surface area contributed by atoms with E-state index >= 15 is 0 Å². The molecule has 0 aromatic heterocycles. The highest BCUT2D eigenvalue weighted by atomic mass is 35.5. The zero-order chi connectivity index (χ0) is 31.7. The van der Waals surface area contributed by atoms with Crippen LogP contribution in [0.5, 0.6) is 11.5 Å². The van der Waals surface area contributed by atoms with E-state index in [4.69, 9.17) is 21.1 Å². The third-order valence-electron chi connectivity index (χ3n) is 7.87. The van der Waals surface area contributed by atoms with Gasteiger partial charge >= 0.3 is 0 Å². The lowest BCUT2D eigenvalue weighted by atomic mass is 9.95. The summed E-state index contributed by atoms with van der Waals surface area (Å²) in [6, 6.07) is 18.9. The predicted molar refractivity (Wildman–Crippen MR) is 172 cm³/mol. The standard InChI is InChI=1S/C33H40ClN3O6S/c1-4-29(33(39)35-26-11-7-5-8-12-26)36(22-24-15-17-25(34)18-16-24)32(38)23-37(44(40,41)28-13-9-6-10-14-28)27-19-20-30(42-2)31(21-27)43-3/h6,9-10,13-21,26,29H,4-5,7-8,11-12,22-23H2,1-3H3,(H,35,39)/t29-/m0/s1. The molecule has 0 radical (unpaired) electrons. The molecule has 0 aliphatic heterocycles. The highest BCUT2D eigenvalue weighted by Gasteiger charge is 2.34. The number of nitrogens with one attached hydrogen (secondary N) is 1. The van der Waals surface area contributed by atoms with Crippen molar-refractivity contribution in [3.63, 3.8) is 0 Å². The molecule has 0 bridgehead atoms. The second-order valence-corrected chi connectivity index (χ2v) is 13.1. The van der Waals surface area contributed by atoms with Crippen molar-refractivity contribution in [3.05, 3.63) is 83.4 Å². The molecule has 1 aliphatic carbocycles. The Morgan fingerprint density at radius 1 is 0.932 bits per heavy atom. The van der Waals surface area contributed by atoms with Gasteiger partial charge in [0.15, 0.2) is 11.5 Å². The van der Waals surface area contributed by atoms with Crippen LogP contribution < -0.4 is 19.1 Å². The molecule has 0 spiro atoms. The van der Waals surface area contributed by atoms with Gasteiger partial charge in [-0.25, -0.2) is 8.42 Å². The van der Waals surface area contributed by atoms with Gasteiger partial charge in [0.25, 0.3) is 10.0 Å². The number of benzene rings is 3. The molecule has 1 fully saturated rings. The molecule has 1 N–H and O–H groups in total. The number of sulfonamides is 1. The van der Waals surface area contributed by atoms with E-state index in [0.717, 1.165) is 42.0 Å². The SMILES string of the molecule is CC[C@@H](C(=O)NC1CCCCC1)N(Cc1ccc(Cl)cc1)C(=O)CN(c1ccc(OC)c(OC)c1)S(=O)(=O)c1ccccc1. The summed E-state index contributed by atoms with van der Waals surface area (Å²) in [7, 11) is -1.27. The van der Waals surface area contributed by atoms with Crippen molar-refractivity contribution in [1.82, 2.24) is 10.2 Å². The highest BCUT2D eigenvalue weighted by molar-refractivity contribution is 7.92. The van der Waals surface area contributed by atoms with E-state index < -0.39 is 28.5 Å². The van der Waals surface area contributed by atoms with E-state index in [0.29, 0.717) is 22.9 Å². The fourth-order valence-electron chi connectivity index (χ4n) is 5.48. The maximum atomic E-state index is 14.3. The summed E-state index contributed by atoms with van der Waals surface area (Å²) < 4.78 is 40.0. The van der Waals surface area contributed by atoms with E-state index in [1.165, 1.54) is 37.3 Å². The quantitative estimate of drug-likeness (QED) is 0.253. The van der Waals surface area contributed by atoms with Crippen LogP contribution in [-0.4, -0.2) is 58.0 Å². The molecule has 11 heteroatoms. The van der Waals surface area contributed by atoms with Crippen LogP contribution in [-0.2, 0) is 26.2 Å². The van der Waals surface area contributed by atoms with Crippen LogP contribution in [0.4, 0.5) is 5.69 Å². The Bertz CT molecular complexity index is 1510. The Morgan fingerprint density at radius 2 is 1.59 bits per heavy atom. The first-order valence-electron chi connectivity index (χ1n) is 14.8. The Morgan fingerprint density at radius 3 is 2.20 bits per heavy atom. The number of ether oxygens (including phenoxy) is 2. The number of nitrogens with zero attached hydrogens (tertiary/aromatic N) is 2. The van der Waals surface area contributed by atoms with Crippen LogP contribution in [0, 0.1) is 0 Å². The molecule has 2 amide bonds. The lowest BCUT2D eigenvalue weighted by Gasteiger charge is -2.34. The Kier molecular flexibility index (Phi) is 11.5. The average Bonchev–Trinajstić information content (AvgIpc) is 3.04. The van der Waals surface area contributed by atoms with Crippen LogP contribution in [0.15, 0.2) is 77.7 Å². The molecule has 0 heterocycles. The first-order chi connectivity index (χ1) is 21.2. The molecule has 1 aliphatic rings. The highest BCUT2D eigenvalue weighted by Crippen LogP contribution is 2.34. The van der Waals surface area contributed by atoms with Crippen molar-refractivity contribution >= 4 is 39.1 Å². The third-order valence-corrected chi connectivity index (χ3v) is 9.91. The molecular weight excluding hydrogens is 602 g/mol. The van der Waals surface area contributed by atoms with Crippen LogP contribution in [0.3, 0.4) is 0 Å².